The smallest absolute Gasteiger partial charge is 0.236 e. The molecule has 0 heterocycles. The molecule has 1 aliphatic carbocycles. The number of carbonyl (C=O) groups is 1. The van der Waals surface area contributed by atoms with Gasteiger partial charge in [0.1, 0.15) is 0 Å². The zero-order chi connectivity index (χ0) is 13.5. The lowest BCUT2D eigenvalue weighted by atomic mass is 9.90. The topological polar surface area (TPSA) is 35.6 Å². The lowest BCUT2D eigenvalue weighted by molar-refractivity contribution is -0.131. The third-order valence-corrected chi connectivity index (χ3v) is 4.10. The van der Waals surface area contributed by atoms with Gasteiger partial charge in [-0.3, -0.25) is 9.69 Å². The molecule has 4 heteroatoms. The molecule has 0 aromatic rings. The van der Waals surface area contributed by atoms with Crippen molar-refractivity contribution in [2.75, 3.05) is 33.7 Å². The summed E-state index contributed by atoms with van der Waals surface area (Å²) in [5.41, 5.74) is 0. The fraction of sp³-hybridized carbons (Fsp3) is 0.929. The maximum Gasteiger partial charge on any atom is 0.236 e. The average Bonchev–Trinajstić information content (AvgIpc) is 2.38. The second-order valence-corrected chi connectivity index (χ2v) is 5.39. The van der Waals surface area contributed by atoms with Crippen LogP contribution in [0.1, 0.15) is 39.5 Å². The molecule has 1 aliphatic rings. The summed E-state index contributed by atoms with van der Waals surface area (Å²) in [7, 11) is 3.96. The minimum absolute atomic E-state index is 0.230. The molecule has 0 aliphatic heterocycles. The Morgan fingerprint density at radius 3 is 2.28 bits per heavy atom. The highest BCUT2D eigenvalue weighted by Gasteiger charge is 2.24. The lowest BCUT2D eigenvalue weighted by Crippen LogP contribution is -2.44. The molecular formula is C14H29N3O. The van der Waals surface area contributed by atoms with Gasteiger partial charge in [-0.2, -0.15) is 0 Å². The number of carbonyl (C=O) groups excluding carboxylic acids is 1. The van der Waals surface area contributed by atoms with Gasteiger partial charge in [-0.1, -0.05) is 6.92 Å². The molecule has 1 rings (SSSR count). The van der Waals surface area contributed by atoms with E-state index in [0.717, 1.165) is 13.1 Å². The molecule has 18 heavy (non-hydrogen) atoms. The quantitative estimate of drug-likeness (QED) is 0.777. The number of hydrogen-bond donors (Lipinski definition) is 1. The van der Waals surface area contributed by atoms with E-state index in [1.807, 2.05) is 14.0 Å². The molecule has 0 radical (unpaired) electrons. The summed E-state index contributed by atoms with van der Waals surface area (Å²) in [5.74, 6) is 0.230. The van der Waals surface area contributed by atoms with Gasteiger partial charge in [0.15, 0.2) is 0 Å². The van der Waals surface area contributed by atoms with E-state index in [-0.39, 0.29) is 5.91 Å². The fourth-order valence-corrected chi connectivity index (χ4v) is 2.65. The first-order valence-corrected chi connectivity index (χ1v) is 7.26. The van der Waals surface area contributed by atoms with E-state index in [1.54, 1.807) is 4.90 Å². The van der Waals surface area contributed by atoms with Gasteiger partial charge in [-0.05, 0) is 46.2 Å². The van der Waals surface area contributed by atoms with Crippen LogP contribution >= 0.6 is 0 Å². The molecule has 0 atom stereocenters. The van der Waals surface area contributed by atoms with Gasteiger partial charge in [0.05, 0.1) is 6.54 Å². The van der Waals surface area contributed by atoms with Crippen molar-refractivity contribution in [2.45, 2.75) is 51.6 Å². The molecule has 1 N–H and O–H groups in total. The summed E-state index contributed by atoms with van der Waals surface area (Å²) in [6.45, 7) is 6.59. The number of amides is 1. The first-order valence-electron chi connectivity index (χ1n) is 7.26. The third-order valence-electron chi connectivity index (χ3n) is 4.10. The number of hydrogen-bond acceptors (Lipinski definition) is 3. The van der Waals surface area contributed by atoms with Gasteiger partial charge < -0.3 is 10.2 Å². The molecule has 0 aromatic heterocycles. The molecular weight excluding hydrogens is 226 g/mol. The Morgan fingerprint density at radius 1 is 1.17 bits per heavy atom. The van der Waals surface area contributed by atoms with E-state index >= 15 is 0 Å². The highest BCUT2D eigenvalue weighted by molar-refractivity contribution is 5.77. The highest BCUT2D eigenvalue weighted by atomic mass is 16.2. The zero-order valence-electron chi connectivity index (χ0n) is 12.4. The Hall–Kier alpha value is -0.610. The highest BCUT2D eigenvalue weighted by Crippen LogP contribution is 2.22. The monoisotopic (exact) mass is 255 g/mol. The van der Waals surface area contributed by atoms with Crippen molar-refractivity contribution < 1.29 is 4.79 Å². The van der Waals surface area contributed by atoms with Crippen molar-refractivity contribution >= 4 is 5.91 Å². The Balaban J connectivity index is 2.31. The van der Waals surface area contributed by atoms with E-state index in [0.29, 0.717) is 18.6 Å². The molecule has 106 valence electrons. The largest absolute Gasteiger partial charge is 0.345 e. The molecule has 1 saturated carbocycles. The first-order chi connectivity index (χ1) is 8.58. The predicted octanol–water partition coefficient (Wildman–Crippen LogP) is 1.32. The Morgan fingerprint density at radius 2 is 1.78 bits per heavy atom. The molecule has 1 fully saturated rings. The van der Waals surface area contributed by atoms with E-state index in [4.69, 9.17) is 0 Å². The lowest BCUT2D eigenvalue weighted by Gasteiger charge is -2.35. The SMILES string of the molecule is CCNC1CCC(N(C)CC(=O)N(C)CC)CC1. The van der Waals surface area contributed by atoms with Crippen LogP contribution in [0.4, 0.5) is 0 Å². The van der Waals surface area contributed by atoms with Crippen molar-refractivity contribution in [3.8, 4) is 0 Å². The van der Waals surface area contributed by atoms with Crippen molar-refractivity contribution in [3.63, 3.8) is 0 Å². The normalized spacial score (nSPS) is 24.3. The Labute approximate surface area is 112 Å². The maximum absolute atomic E-state index is 11.9. The van der Waals surface area contributed by atoms with Crippen LogP contribution in [0.25, 0.3) is 0 Å². The number of likely N-dealkylation sites (N-methyl/N-ethyl adjacent to an activating group) is 2. The predicted molar refractivity (Wildman–Crippen MR) is 75.7 cm³/mol. The summed E-state index contributed by atoms with van der Waals surface area (Å²) >= 11 is 0. The molecule has 0 spiro atoms. The van der Waals surface area contributed by atoms with Crippen LogP contribution in [0, 0.1) is 0 Å². The van der Waals surface area contributed by atoms with Crippen LogP contribution in [0.5, 0.6) is 0 Å². The molecule has 0 aromatic carbocycles. The minimum atomic E-state index is 0.230. The summed E-state index contributed by atoms with van der Waals surface area (Å²) < 4.78 is 0. The zero-order valence-corrected chi connectivity index (χ0v) is 12.4. The van der Waals surface area contributed by atoms with E-state index < -0.39 is 0 Å². The van der Waals surface area contributed by atoms with Crippen LogP contribution in [0.3, 0.4) is 0 Å². The average molecular weight is 255 g/mol. The molecule has 1 amide bonds. The third kappa shape index (κ3) is 4.58. The van der Waals surface area contributed by atoms with Gasteiger partial charge >= 0.3 is 0 Å². The summed E-state index contributed by atoms with van der Waals surface area (Å²) in [4.78, 5) is 15.9. The van der Waals surface area contributed by atoms with E-state index in [9.17, 15) is 4.79 Å². The molecule has 0 saturated heterocycles. The summed E-state index contributed by atoms with van der Waals surface area (Å²) in [6, 6.07) is 1.27. The van der Waals surface area contributed by atoms with Crippen LogP contribution < -0.4 is 5.32 Å². The van der Waals surface area contributed by atoms with Gasteiger partial charge in [0.2, 0.25) is 5.91 Å². The number of nitrogens with zero attached hydrogens (tertiary/aromatic N) is 2. The number of rotatable bonds is 6. The summed E-state index contributed by atoms with van der Waals surface area (Å²) in [6.07, 6.45) is 4.88. The van der Waals surface area contributed by atoms with Crippen molar-refractivity contribution in [1.82, 2.24) is 15.1 Å². The first kappa shape index (κ1) is 15.4. The Kier molecular flexibility index (Phi) is 6.65. The van der Waals surface area contributed by atoms with Crippen LogP contribution in [0.2, 0.25) is 0 Å². The standard InChI is InChI=1S/C14H29N3O/c1-5-15-12-7-9-13(10-8-12)17(4)11-14(18)16(3)6-2/h12-13,15H,5-11H2,1-4H3. The van der Waals surface area contributed by atoms with E-state index in [1.165, 1.54) is 25.7 Å². The van der Waals surface area contributed by atoms with Crippen molar-refractivity contribution in [2.24, 2.45) is 0 Å². The molecule has 0 unspecified atom stereocenters. The van der Waals surface area contributed by atoms with Crippen LogP contribution in [-0.4, -0.2) is 61.5 Å². The van der Waals surface area contributed by atoms with Gasteiger partial charge in [-0.15, -0.1) is 0 Å². The van der Waals surface area contributed by atoms with E-state index in [2.05, 4.69) is 24.2 Å². The van der Waals surface area contributed by atoms with Crippen molar-refractivity contribution in [3.05, 3.63) is 0 Å². The Bertz CT molecular complexity index is 249. The van der Waals surface area contributed by atoms with Gasteiger partial charge in [-0.25, -0.2) is 0 Å². The number of nitrogens with one attached hydrogen (secondary N) is 1. The maximum atomic E-state index is 11.9. The van der Waals surface area contributed by atoms with Gasteiger partial charge in [0.25, 0.3) is 0 Å². The van der Waals surface area contributed by atoms with Crippen LogP contribution in [0.15, 0.2) is 0 Å². The fourth-order valence-electron chi connectivity index (χ4n) is 2.65. The summed E-state index contributed by atoms with van der Waals surface area (Å²) in [5, 5.41) is 3.52. The van der Waals surface area contributed by atoms with Crippen LogP contribution in [-0.2, 0) is 4.79 Å². The van der Waals surface area contributed by atoms with Gasteiger partial charge in [0, 0.05) is 25.7 Å². The second kappa shape index (κ2) is 7.74. The van der Waals surface area contributed by atoms with Crippen molar-refractivity contribution in [1.29, 1.82) is 0 Å². The molecule has 4 nitrogen and oxygen atoms in total. The second-order valence-electron chi connectivity index (χ2n) is 5.39. The minimum Gasteiger partial charge on any atom is -0.345 e. The molecule has 0 bridgehead atoms.